The Morgan fingerprint density at radius 2 is 2.05 bits per heavy atom. The molecule has 0 spiro atoms. The maximum absolute atomic E-state index is 10.9. The number of aliphatic carboxylic acids is 1. The molecule has 0 aromatic heterocycles. The number of benzene rings is 1. The number of para-hydroxylation sites is 1. The van der Waals surface area contributed by atoms with E-state index in [0.29, 0.717) is 12.8 Å². The molecule has 0 atom stereocenters. The van der Waals surface area contributed by atoms with Gasteiger partial charge < -0.3 is 15.4 Å². The van der Waals surface area contributed by atoms with Gasteiger partial charge in [0.2, 0.25) is 0 Å². The van der Waals surface area contributed by atoms with E-state index in [2.05, 4.69) is 0 Å². The van der Waals surface area contributed by atoms with Crippen LogP contribution in [0.2, 0.25) is 0 Å². The molecule has 1 aliphatic carbocycles. The van der Waals surface area contributed by atoms with Crippen molar-refractivity contribution in [1.29, 1.82) is 5.41 Å². The second-order valence-electron chi connectivity index (χ2n) is 4.52. The topological polar surface area (TPSA) is 64.4 Å². The first-order chi connectivity index (χ1) is 9.08. The van der Waals surface area contributed by atoms with E-state index in [1.54, 1.807) is 6.08 Å². The summed E-state index contributed by atoms with van der Waals surface area (Å²) >= 11 is 0. The average Bonchev–Trinajstić information content (AvgIpc) is 2.39. The van der Waals surface area contributed by atoms with Crippen molar-refractivity contribution in [3.05, 3.63) is 53.8 Å². The van der Waals surface area contributed by atoms with E-state index >= 15 is 0 Å². The predicted molar refractivity (Wildman–Crippen MR) is 75.6 cm³/mol. The second-order valence-corrected chi connectivity index (χ2v) is 4.52. The molecule has 0 heterocycles. The van der Waals surface area contributed by atoms with Crippen LogP contribution in [0.5, 0.6) is 0 Å². The number of nitrogens with zero attached hydrogens (tertiary/aromatic N) is 1. The van der Waals surface area contributed by atoms with Crippen molar-refractivity contribution in [3.63, 3.8) is 0 Å². The van der Waals surface area contributed by atoms with Crippen LogP contribution in [0.3, 0.4) is 0 Å². The molecule has 0 amide bonds. The minimum absolute atomic E-state index is 0.125. The lowest BCUT2D eigenvalue weighted by Crippen LogP contribution is -2.18. The fourth-order valence-electron chi connectivity index (χ4n) is 2.08. The molecule has 0 saturated carbocycles. The molecule has 0 aliphatic heterocycles. The number of hydrogen-bond donors (Lipinski definition) is 2. The van der Waals surface area contributed by atoms with E-state index in [4.69, 9.17) is 10.5 Å². The van der Waals surface area contributed by atoms with Crippen LogP contribution < -0.4 is 4.90 Å². The molecule has 2 N–H and O–H groups in total. The molecule has 0 unspecified atom stereocenters. The summed E-state index contributed by atoms with van der Waals surface area (Å²) in [5.41, 5.74) is 2.40. The molecule has 98 valence electrons. The molecule has 2 rings (SSSR count). The molecule has 4 heteroatoms. The number of hydrogen-bond acceptors (Lipinski definition) is 3. The van der Waals surface area contributed by atoms with E-state index in [1.807, 2.05) is 48.5 Å². The third-order valence-electron chi connectivity index (χ3n) is 3.07. The van der Waals surface area contributed by atoms with Crippen molar-refractivity contribution in [2.75, 3.05) is 11.9 Å². The summed E-state index contributed by atoms with van der Waals surface area (Å²) in [6.07, 6.45) is 4.56. The van der Waals surface area contributed by atoms with Crippen molar-refractivity contribution in [3.8, 4) is 0 Å². The SMILES string of the molecule is CN(C=C1CC=C(C(=O)O)C(=N)C1)c1ccccc1. The standard InChI is InChI=1S/C15H16N2O2/c1-17(12-5-3-2-4-6-12)10-11-7-8-13(15(18)19)14(16)9-11/h2-6,8,10,16H,7,9H2,1H3,(H,18,19). The molecule has 0 saturated heterocycles. The predicted octanol–water partition coefficient (Wildman–Crippen LogP) is 2.83. The van der Waals surface area contributed by atoms with Gasteiger partial charge in [-0.15, -0.1) is 0 Å². The van der Waals surface area contributed by atoms with Crippen LogP contribution in [0.4, 0.5) is 5.69 Å². The quantitative estimate of drug-likeness (QED) is 0.874. The van der Waals surface area contributed by atoms with Gasteiger partial charge >= 0.3 is 5.97 Å². The molecular weight excluding hydrogens is 240 g/mol. The molecule has 19 heavy (non-hydrogen) atoms. The zero-order valence-corrected chi connectivity index (χ0v) is 10.8. The minimum Gasteiger partial charge on any atom is -0.478 e. The minimum atomic E-state index is -1.01. The Morgan fingerprint density at radius 3 is 2.63 bits per heavy atom. The number of carboxylic acid groups (broad SMARTS) is 1. The molecule has 0 fully saturated rings. The Hall–Kier alpha value is -2.36. The first kappa shape index (κ1) is 13.1. The molecular formula is C15H16N2O2. The number of rotatable bonds is 3. The van der Waals surface area contributed by atoms with Gasteiger partial charge in [0.1, 0.15) is 0 Å². The summed E-state index contributed by atoms with van der Waals surface area (Å²) in [6.45, 7) is 0. The largest absolute Gasteiger partial charge is 0.478 e. The van der Waals surface area contributed by atoms with Crippen molar-refractivity contribution >= 4 is 17.4 Å². The van der Waals surface area contributed by atoms with Gasteiger partial charge in [-0.1, -0.05) is 24.3 Å². The van der Waals surface area contributed by atoms with Crippen LogP contribution in [-0.4, -0.2) is 23.8 Å². The van der Waals surface area contributed by atoms with E-state index < -0.39 is 5.97 Å². The summed E-state index contributed by atoms with van der Waals surface area (Å²) < 4.78 is 0. The Balaban J connectivity index is 2.15. The summed E-state index contributed by atoms with van der Waals surface area (Å²) in [5, 5.41) is 16.7. The van der Waals surface area contributed by atoms with Gasteiger partial charge in [0, 0.05) is 31.1 Å². The van der Waals surface area contributed by atoms with Gasteiger partial charge in [-0.2, -0.15) is 0 Å². The molecule has 1 aromatic carbocycles. The van der Waals surface area contributed by atoms with Crippen LogP contribution in [-0.2, 0) is 4.79 Å². The monoisotopic (exact) mass is 256 g/mol. The Kier molecular flexibility index (Phi) is 3.80. The van der Waals surface area contributed by atoms with E-state index in [0.717, 1.165) is 11.3 Å². The number of carbonyl (C=O) groups is 1. The molecule has 0 bridgehead atoms. The van der Waals surface area contributed by atoms with Crippen molar-refractivity contribution < 1.29 is 9.90 Å². The smallest absolute Gasteiger partial charge is 0.337 e. The van der Waals surface area contributed by atoms with Gasteiger partial charge in [-0.3, -0.25) is 0 Å². The van der Waals surface area contributed by atoms with Crippen LogP contribution in [0.15, 0.2) is 53.8 Å². The normalized spacial score (nSPS) is 17.2. The number of carboxylic acids is 1. The molecule has 1 aliphatic rings. The highest BCUT2D eigenvalue weighted by Gasteiger charge is 2.19. The van der Waals surface area contributed by atoms with Gasteiger partial charge in [0.25, 0.3) is 0 Å². The maximum atomic E-state index is 10.9. The highest BCUT2D eigenvalue weighted by molar-refractivity contribution is 6.19. The third kappa shape index (κ3) is 3.10. The van der Waals surface area contributed by atoms with Crippen molar-refractivity contribution in [2.45, 2.75) is 12.8 Å². The van der Waals surface area contributed by atoms with Gasteiger partial charge in [0.15, 0.2) is 0 Å². The first-order valence-corrected chi connectivity index (χ1v) is 6.06. The highest BCUT2D eigenvalue weighted by atomic mass is 16.4. The third-order valence-corrected chi connectivity index (χ3v) is 3.07. The molecule has 0 radical (unpaired) electrons. The van der Waals surface area contributed by atoms with Gasteiger partial charge in [0.05, 0.1) is 5.57 Å². The van der Waals surface area contributed by atoms with Gasteiger partial charge in [-0.25, -0.2) is 4.79 Å². The van der Waals surface area contributed by atoms with Crippen LogP contribution >= 0.6 is 0 Å². The molecule has 4 nitrogen and oxygen atoms in total. The summed E-state index contributed by atoms with van der Waals surface area (Å²) in [4.78, 5) is 12.9. The zero-order valence-electron chi connectivity index (χ0n) is 10.8. The lowest BCUT2D eigenvalue weighted by Gasteiger charge is -2.19. The number of nitrogens with one attached hydrogen (secondary N) is 1. The summed E-state index contributed by atoms with van der Waals surface area (Å²) in [6, 6.07) is 9.90. The van der Waals surface area contributed by atoms with E-state index in [1.165, 1.54) is 0 Å². The fraction of sp³-hybridized carbons (Fsp3) is 0.200. The van der Waals surface area contributed by atoms with Crippen molar-refractivity contribution in [1.82, 2.24) is 0 Å². The van der Waals surface area contributed by atoms with Crippen LogP contribution in [0.25, 0.3) is 0 Å². The Bertz CT molecular complexity index is 559. The first-order valence-electron chi connectivity index (χ1n) is 6.06. The number of anilines is 1. The average molecular weight is 256 g/mol. The molecule has 1 aromatic rings. The second kappa shape index (κ2) is 5.52. The summed E-state index contributed by atoms with van der Waals surface area (Å²) in [7, 11) is 1.95. The van der Waals surface area contributed by atoms with Gasteiger partial charge in [-0.05, 0) is 24.1 Å². The Morgan fingerprint density at radius 1 is 1.37 bits per heavy atom. The highest BCUT2D eigenvalue weighted by Crippen LogP contribution is 2.22. The van der Waals surface area contributed by atoms with E-state index in [-0.39, 0.29) is 11.3 Å². The van der Waals surface area contributed by atoms with E-state index in [9.17, 15) is 4.79 Å². The lowest BCUT2D eigenvalue weighted by molar-refractivity contribution is -0.132. The fourth-order valence-corrected chi connectivity index (χ4v) is 2.08. The number of allylic oxidation sites excluding steroid dienone is 2. The maximum Gasteiger partial charge on any atom is 0.337 e. The Labute approximate surface area is 112 Å². The van der Waals surface area contributed by atoms with Crippen molar-refractivity contribution in [2.24, 2.45) is 0 Å². The summed E-state index contributed by atoms with van der Waals surface area (Å²) in [5.74, 6) is -1.01. The zero-order chi connectivity index (χ0) is 13.8. The lowest BCUT2D eigenvalue weighted by atomic mass is 9.93. The van der Waals surface area contributed by atoms with Crippen LogP contribution in [0, 0.1) is 5.41 Å². The van der Waals surface area contributed by atoms with Crippen LogP contribution in [0.1, 0.15) is 12.8 Å².